The van der Waals surface area contributed by atoms with E-state index in [2.05, 4.69) is 20.6 Å². The quantitative estimate of drug-likeness (QED) is 0.800. The molecule has 15 heavy (non-hydrogen) atoms. The minimum atomic E-state index is 0.682. The highest BCUT2D eigenvalue weighted by molar-refractivity contribution is 7.15. The van der Waals surface area contributed by atoms with Crippen LogP contribution in [0.3, 0.4) is 0 Å². The van der Waals surface area contributed by atoms with E-state index in [0.29, 0.717) is 5.69 Å². The maximum atomic E-state index is 5.54. The molecular weight excluding hydrogens is 212 g/mol. The average molecular weight is 224 g/mol. The van der Waals surface area contributed by atoms with Gasteiger partial charge in [0.15, 0.2) is 0 Å². The van der Waals surface area contributed by atoms with E-state index in [4.69, 9.17) is 5.73 Å². The van der Waals surface area contributed by atoms with Crippen LogP contribution in [0, 0.1) is 6.92 Å². The van der Waals surface area contributed by atoms with Crippen molar-refractivity contribution in [3.05, 3.63) is 17.4 Å². The molecule has 0 atom stereocenters. The number of nitrogens with one attached hydrogen (secondary N) is 1. The van der Waals surface area contributed by atoms with Gasteiger partial charge in [-0.25, -0.2) is 0 Å². The van der Waals surface area contributed by atoms with Gasteiger partial charge in [0.05, 0.1) is 18.4 Å². The van der Waals surface area contributed by atoms with E-state index in [1.165, 1.54) is 0 Å². The zero-order chi connectivity index (χ0) is 10.7. The lowest BCUT2D eigenvalue weighted by Gasteiger charge is -2.01. The van der Waals surface area contributed by atoms with Crippen LogP contribution in [0.1, 0.15) is 5.01 Å². The Morgan fingerprint density at radius 1 is 1.53 bits per heavy atom. The first-order valence-corrected chi connectivity index (χ1v) is 5.37. The standard InChI is InChI=1S/C8H12N6S/c1-6-12-13-8(15-6)10-2-3-14-5-7(9)4-11-14/h4-5H,2-3,9H2,1H3,(H,10,13). The van der Waals surface area contributed by atoms with Crippen LogP contribution in [0.25, 0.3) is 0 Å². The van der Waals surface area contributed by atoms with Crippen LogP contribution in [-0.4, -0.2) is 26.5 Å². The highest BCUT2D eigenvalue weighted by atomic mass is 32.1. The lowest BCUT2D eigenvalue weighted by Crippen LogP contribution is -2.10. The zero-order valence-electron chi connectivity index (χ0n) is 8.34. The van der Waals surface area contributed by atoms with Crippen LogP contribution in [0.15, 0.2) is 12.4 Å². The van der Waals surface area contributed by atoms with Crippen LogP contribution < -0.4 is 11.1 Å². The summed E-state index contributed by atoms with van der Waals surface area (Å²) in [5.74, 6) is 0. The summed E-state index contributed by atoms with van der Waals surface area (Å²) in [4.78, 5) is 0. The normalized spacial score (nSPS) is 10.5. The van der Waals surface area contributed by atoms with Gasteiger partial charge in [-0.3, -0.25) is 4.68 Å². The van der Waals surface area contributed by atoms with E-state index in [-0.39, 0.29) is 0 Å². The van der Waals surface area contributed by atoms with Crippen LogP contribution in [0.4, 0.5) is 10.8 Å². The minimum absolute atomic E-state index is 0.682. The number of hydrogen-bond acceptors (Lipinski definition) is 6. The molecule has 7 heteroatoms. The van der Waals surface area contributed by atoms with E-state index >= 15 is 0 Å². The van der Waals surface area contributed by atoms with Gasteiger partial charge in [0.1, 0.15) is 5.01 Å². The van der Waals surface area contributed by atoms with Gasteiger partial charge in [0.25, 0.3) is 0 Å². The number of nitrogens with two attached hydrogens (primary N) is 1. The van der Waals surface area contributed by atoms with Crippen molar-refractivity contribution in [2.24, 2.45) is 0 Å². The number of nitrogen functional groups attached to an aromatic ring is 1. The summed E-state index contributed by atoms with van der Waals surface area (Å²) >= 11 is 1.54. The minimum Gasteiger partial charge on any atom is -0.396 e. The number of aryl methyl sites for hydroxylation is 1. The predicted molar refractivity (Wildman–Crippen MR) is 59.8 cm³/mol. The average Bonchev–Trinajstić information content (AvgIpc) is 2.76. The smallest absolute Gasteiger partial charge is 0.205 e. The van der Waals surface area contributed by atoms with Gasteiger partial charge in [-0.1, -0.05) is 11.3 Å². The third-order valence-electron chi connectivity index (χ3n) is 1.80. The molecule has 0 aliphatic carbocycles. The largest absolute Gasteiger partial charge is 0.396 e. The van der Waals surface area contributed by atoms with Crippen molar-refractivity contribution in [3.8, 4) is 0 Å². The Bertz CT molecular complexity index is 394. The molecular formula is C8H12N6S. The molecule has 2 aromatic heterocycles. The number of aromatic nitrogens is 4. The Labute approximate surface area is 91.1 Å². The number of rotatable bonds is 4. The number of hydrogen-bond donors (Lipinski definition) is 2. The van der Waals surface area contributed by atoms with E-state index in [1.54, 1.807) is 28.4 Å². The van der Waals surface area contributed by atoms with Gasteiger partial charge in [-0.15, -0.1) is 10.2 Å². The fourth-order valence-corrected chi connectivity index (χ4v) is 1.76. The molecule has 80 valence electrons. The van der Waals surface area contributed by atoms with Gasteiger partial charge in [-0.2, -0.15) is 5.10 Å². The Kier molecular flexibility index (Phi) is 2.82. The third-order valence-corrected chi connectivity index (χ3v) is 2.59. The number of anilines is 2. The molecule has 0 aliphatic rings. The molecule has 0 unspecified atom stereocenters. The highest BCUT2D eigenvalue weighted by Crippen LogP contribution is 2.12. The lowest BCUT2D eigenvalue weighted by molar-refractivity contribution is 0.637. The maximum Gasteiger partial charge on any atom is 0.205 e. The van der Waals surface area contributed by atoms with Crippen molar-refractivity contribution in [1.29, 1.82) is 0 Å². The van der Waals surface area contributed by atoms with Crippen molar-refractivity contribution in [2.45, 2.75) is 13.5 Å². The van der Waals surface area contributed by atoms with Crippen LogP contribution in [0.2, 0.25) is 0 Å². The first-order chi connectivity index (χ1) is 7.24. The SMILES string of the molecule is Cc1nnc(NCCn2cc(N)cn2)s1. The second-order valence-corrected chi connectivity index (χ2v) is 4.27. The highest BCUT2D eigenvalue weighted by Gasteiger charge is 1.99. The van der Waals surface area contributed by atoms with Gasteiger partial charge in [0, 0.05) is 12.7 Å². The summed E-state index contributed by atoms with van der Waals surface area (Å²) in [5, 5.41) is 16.9. The summed E-state index contributed by atoms with van der Waals surface area (Å²) in [6.07, 6.45) is 3.43. The zero-order valence-corrected chi connectivity index (χ0v) is 9.16. The Morgan fingerprint density at radius 3 is 3.00 bits per heavy atom. The summed E-state index contributed by atoms with van der Waals surface area (Å²) in [5.41, 5.74) is 6.22. The van der Waals surface area contributed by atoms with E-state index < -0.39 is 0 Å². The molecule has 2 rings (SSSR count). The molecule has 0 aliphatic heterocycles. The molecule has 0 saturated carbocycles. The summed E-state index contributed by atoms with van der Waals surface area (Å²) in [7, 11) is 0. The fourth-order valence-electron chi connectivity index (χ4n) is 1.15. The lowest BCUT2D eigenvalue weighted by atomic mass is 10.6. The van der Waals surface area contributed by atoms with Gasteiger partial charge in [-0.05, 0) is 6.92 Å². The monoisotopic (exact) mass is 224 g/mol. The molecule has 0 saturated heterocycles. The molecule has 6 nitrogen and oxygen atoms in total. The molecule has 0 amide bonds. The first kappa shape index (κ1) is 9.91. The third kappa shape index (κ3) is 2.66. The van der Waals surface area contributed by atoms with Crippen LogP contribution in [-0.2, 0) is 6.54 Å². The maximum absolute atomic E-state index is 5.54. The Hall–Kier alpha value is -1.63. The molecule has 3 N–H and O–H groups in total. The molecule has 0 aromatic carbocycles. The summed E-state index contributed by atoms with van der Waals surface area (Å²) < 4.78 is 1.79. The van der Waals surface area contributed by atoms with Crippen molar-refractivity contribution in [3.63, 3.8) is 0 Å². The molecule has 2 aromatic rings. The second-order valence-electron chi connectivity index (χ2n) is 3.09. The van der Waals surface area contributed by atoms with E-state index in [9.17, 15) is 0 Å². The predicted octanol–water partition coefficient (Wildman–Crippen LogP) is 0.737. The van der Waals surface area contributed by atoms with E-state index in [0.717, 1.165) is 23.2 Å². The fraction of sp³-hybridized carbons (Fsp3) is 0.375. The van der Waals surface area contributed by atoms with Crippen molar-refractivity contribution >= 4 is 22.2 Å². The molecule has 0 radical (unpaired) electrons. The summed E-state index contributed by atoms with van der Waals surface area (Å²) in [6.45, 7) is 3.45. The van der Waals surface area contributed by atoms with Crippen molar-refractivity contribution < 1.29 is 0 Å². The molecule has 0 fully saturated rings. The second kappa shape index (κ2) is 4.26. The molecule has 0 spiro atoms. The van der Waals surface area contributed by atoms with E-state index in [1.807, 2.05) is 6.92 Å². The Morgan fingerprint density at radius 2 is 2.40 bits per heavy atom. The van der Waals surface area contributed by atoms with Crippen molar-refractivity contribution in [1.82, 2.24) is 20.0 Å². The molecule has 0 bridgehead atoms. The Balaban J connectivity index is 1.80. The van der Waals surface area contributed by atoms with Gasteiger partial charge < -0.3 is 11.1 Å². The van der Waals surface area contributed by atoms with Crippen LogP contribution >= 0.6 is 11.3 Å². The summed E-state index contributed by atoms with van der Waals surface area (Å²) in [6, 6.07) is 0. The first-order valence-electron chi connectivity index (χ1n) is 4.56. The van der Waals surface area contributed by atoms with Gasteiger partial charge >= 0.3 is 0 Å². The van der Waals surface area contributed by atoms with Crippen molar-refractivity contribution in [2.75, 3.05) is 17.6 Å². The van der Waals surface area contributed by atoms with Gasteiger partial charge in [0.2, 0.25) is 5.13 Å². The number of nitrogens with zero attached hydrogens (tertiary/aromatic N) is 4. The topological polar surface area (TPSA) is 81.7 Å². The molecule has 2 heterocycles. The van der Waals surface area contributed by atoms with Crippen LogP contribution in [0.5, 0.6) is 0 Å².